The summed E-state index contributed by atoms with van der Waals surface area (Å²) in [7, 11) is 4.27. The van der Waals surface area contributed by atoms with Crippen LogP contribution in [0.4, 0.5) is 0 Å². The lowest BCUT2D eigenvalue weighted by Crippen LogP contribution is -2.20. The second-order valence-electron chi connectivity index (χ2n) is 5.73. The van der Waals surface area contributed by atoms with Gasteiger partial charge in [0.05, 0.1) is 11.0 Å². The maximum atomic E-state index is 5.83. The number of likely N-dealkylation sites (tertiary alicyclic amines) is 1. The number of nitrogens with zero attached hydrogens (tertiary/aromatic N) is 3. The Morgan fingerprint density at radius 1 is 1.37 bits per heavy atom. The van der Waals surface area contributed by atoms with E-state index in [0.29, 0.717) is 12.0 Å². The highest BCUT2D eigenvalue weighted by Gasteiger charge is 2.31. The number of nitrogens with two attached hydrogens (primary N) is 1. The third-order valence-corrected chi connectivity index (χ3v) is 4.49. The molecule has 0 amide bonds. The quantitative estimate of drug-likeness (QED) is 0.894. The van der Waals surface area contributed by atoms with Gasteiger partial charge in [-0.3, -0.25) is 4.90 Å². The number of para-hydroxylation sites is 1. The van der Waals surface area contributed by atoms with Gasteiger partial charge in [-0.1, -0.05) is 12.1 Å². The van der Waals surface area contributed by atoms with E-state index in [-0.39, 0.29) is 0 Å². The zero-order chi connectivity index (χ0) is 13.6. The van der Waals surface area contributed by atoms with E-state index in [1.807, 2.05) is 0 Å². The molecule has 19 heavy (non-hydrogen) atoms. The largest absolute Gasteiger partial charge is 0.331 e. The first kappa shape index (κ1) is 12.6. The normalized spacial score (nSPS) is 24.4. The molecule has 2 unspecified atom stereocenters. The standard InChI is InChI=1S/C15H22N4/c1-10-17-15-12(5-4-6-13(15)19(10)3)14-7-11(8-16)9-18(14)2/h4-6,11,14H,7-9,16H2,1-3H3. The van der Waals surface area contributed by atoms with Crippen LogP contribution < -0.4 is 5.73 Å². The van der Waals surface area contributed by atoms with E-state index in [1.165, 1.54) is 11.1 Å². The van der Waals surface area contributed by atoms with E-state index >= 15 is 0 Å². The minimum atomic E-state index is 0.451. The lowest BCUT2D eigenvalue weighted by Gasteiger charge is -2.19. The zero-order valence-electron chi connectivity index (χ0n) is 11.9. The SMILES string of the molecule is Cc1nc2c(C3CC(CN)CN3C)cccc2n1C. The van der Waals surface area contributed by atoms with E-state index in [0.717, 1.165) is 30.9 Å². The van der Waals surface area contributed by atoms with Crippen LogP contribution in [0.3, 0.4) is 0 Å². The molecular weight excluding hydrogens is 236 g/mol. The molecule has 0 aliphatic carbocycles. The Hall–Kier alpha value is -1.39. The number of aryl methyl sites for hydroxylation is 2. The fraction of sp³-hybridized carbons (Fsp3) is 0.533. The molecule has 3 rings (SSSR count). The monoisotopic (exact) mass is 258 g/mol. The highest BCUT2D eigenvalue weighted by atomic mass is 15.2. The van der Waals surface area contributed by atoms with E-state index in [2.05, 4.69) is 48.7 Å². The highest BCUT2D eigenvalue weighted by molar-refractivity contribution is 5.80. The molecule has 1 aliphatic rings. The summed E-state index contributed by atoms with van der Waals surface area (Å²) in [6, 6.07) is 6.96. The van der Waals surface area contributed by atoms with Crippen molar-refractivity contribution in [3.05, 3.63) is 29.6 Å². The summed E-state index contributed by atoms with van der Waals surface area (Å²) in [6.07, 6.45) is 1.14. The number of aromatic nitrogens is 2. The van der Waals surface area contributed by atoms with Crippen molar-refractivity contribution in [3.8, 4) is 0 Å². The number of fused-ring (bicyclic) bond motifs is 1. The van der Waals surface area contributed by atoms with Crippen molar-refractivity contribution in [2.45, 2.75) is 19.4 Å². The fourth-order valence-corrected chi connectivity index (χ4v) is 3.26. The van der Waals surface area contributed by atoms with Gasteiger partial charge in [0.1, 0.15) is 5.82 Å². The van der Waals surface area contributed by atoms with Crippen molar-refractivity contribution in [1.29, 1.82) is 0 Å². The van der Waals surface area contributed by atoms with Crippen LogP contribution in [0.2, 0.25) is 0 Å². The third-order valence-electron chi connectivity index (χ3n) is 4.49. The number of imidazole rings is 1. The molecule has 4 heteroatoms. The minimum Gasteiger partial charge on any atom is -0.331 e. The number of benzene rings is 1. The minimum absolute atomic E-state index is 0.451. The Kier molecular flexibility index (Phi) is 3.07. The molecule has 1 saturated heterocycles. The Morgan fingerprint density at radius 2 is 2.16 bits per heavy atom. The van der Waals surface area contributed by atoms with Gasteiger partial charge >= 0.3 is 0 Å². The maximum Gasteiger partial charge on any atom is 0.106 e. The van der Waals surface area contributed by atoms with Crippen molar-refractivity contribution >= 4 is 11.0 Å². The molecule has 2 heterocycles. The van der Waals surface area contributed by atoms with Gasteiger partial charge in [0, 0.05) is 19.6 Å². The lowest BCUT2D eigenvalue weighted by molar-refractivity contribution is 0.315. The summed E-state index contributed by atoms with van der Waals surface area (Å²) >= 11 is 0. The van der Waals surface area contributed by atoms with E-state index < -0.39 is 0 Å². The van der Waals surface area contributed by atoms with Crippen LogP contribution >= 0.6 is 0 Å². The molecule has 2 atom stereocenters. The summed E-state index contributed by atoms with van der Waals surface area (Å²) in [6.45, 7) is 3.92. The van der Waals surface area contributed by atoms with Crippen LogP contribution in [0.1, 0.15) is 23.9 Å². The lowest BCUT2D eigenvalue weighted by atomic mass is 9.99. The summed E-state index contributed by atoms with van der Waals surface area (Å²) in [5.74, 6) is 1.67. The van der Waals surface area contributed by atoms with Crippen LogP contribution in [-0.4, -0.2) is 34.6 Å². The average molecular weight is 258 g/mol. The number of hydrogen-bond donors (Lipinski definition) is 1. The van der Waals surface area contributed by atoms with Crippen LogP contribution in [0.25, 0.3) is 11.0 Å². The van der Waals surface area contributed by atoms with Gasteiger partial charge in [-0.15, -0.1) is 0 Å². The Bertz CT molecular complexity index is 601. The molecule has 0 radical (unpaired) electrons. The first-order valence-corrected chi connectivity index (χ1v) is 6.94. The molecule has 0 saturated carbocycles. The molecular formula is C15H22N4. The summed E-state index contributed by atoms with van der Waals surface area (Å²) in [4.78, 5) is 7.16. The molecule has 0 spiro atoms. The second-order valence-corrected chi connectivity index (χ2v) is 5.73. The van der Waals surface area contributed by atoms with Gasteiger partial charge in [0.15, 0.2) is 0 Å². The predicted octanol–water partition coefficient (Wildman–Crippen LogP) is 1.83. The summed E-state index contributed by atoms with van der Waals surface area (Å²) < 4.78 is 2.16. The molecule has 0 bridgehead atoms. The molecule has 1 aromatic carbocycles. The van der Waals surface area contributed by atoms with Crippen molar-refractivity contribution in [2.24, 2.45) is 18.7 Å². The Morgan fingerprint density at radius 3 is 2.84 bits per heavy atom. The predicted molar refractivity (Wildman–Crippen MR) is 78.0 cm³/mol. The Labute approximate surface area is 114 Å². The number of rotatable bonds is 2. The van der Waals surface area contributed by atoms with Gasteiger partial charge in [-0.2, -0.15) is 0 Å². The van der Waals surface area contributed by atoms with Crippen molar-refractivity contribution < 1.29 is 0 Å². The Balaban J connectivity index is 2.08. The first-order chi connectivity index (χ1) is 9.11. The van der Waals surface area contributed by atoms with Gasteiger partial charge in [0.2, 0.25) is 0 Å². The molecule has 1 fully saturated rings. The van der Waals surface area contributed by atoms with Gasteiger partial charge < -0.3 is 10.3 Å². The average Bonchev–Trinajstić information content (AvgIpc) is 2.91. The summed E-state index contributed by atoms with van der Waals surface area (Å²) in [5, 5.41) is 0. The topological polar surface area (TPSA) is 47.1 Å². The van der Waals surface area contributed by atoms with Gasteiger partial charge in [-0.05, 0) is 44.5 Å². The third kappa shape index (κ3) is 1.95. The van der Waals surface area contributed by atoms with Crippen LogP contribution in [0, 0.1) is 12.8 Å². The van der Waals surface area contributed by atoms with Crippen LogP contribution in [-0.2, 0) is 7.05 Å². The molecule has 2 aromatic rings. The first-order valence-electron chi connectivity index (χ1n) is 6.94. The fourth-order valence-electron chi connectivity index (χ4n) is 3.26. The van der Waals surface area contributed by atoms with Crippen molar-refractivity contribution in [2.75, 3.05) is 20.1 Å². The highest BCUT2D eigenvalue weighted by Crippen LogP contribution is 2.36. The molecule has 2 N–H and O–H groups in total. The van der Waals surface area contributed by atoms with Crippen molar-refractivity contribution in [1.82, 2.24) is 14.5 Å². The molecule has 102 valence electrons. The van der Waals surface area contributed by atoms with E-state index in [4.69, 9.17) is 10.7 Å². The van der Waals surface area contributed by atoms with Gasteiger partial charge in [-0.25, -0.2) is 4.98 Å². The van der Waals surface area contributed by atoms with Crippen LogP contribution in [0.15, 0.2) is 18.2 Å². The van der Waals surface area contributed by atoms with E-state index in [1.54, 1.807) is 0 Å². The van der Waals surface area contributed by atoms with E-state index in [9.17, 15) is 0 Å². The van der Waals surface area contributed by atoms with Crippen molar-refractivity contribution in [3.63, 3.8) is 0 Å². The van der Waals surface area contributed by atoms with Gasteiger partial charge in [0.25, 0.3) is 0 Å². The van der Waals surface area contributed by atoms with Crippen LogP contribution in [0.5, 0.6) is 0 Å². The molecule has 4 nitrogen and oxygen atoms in total. The molecule has 1 aliphatic heterocycles. The smallest absolute Gasteiger partial charge is 0.106 e. The zero-order valence-corrected chi connectivity index (χ0v) is 11.9. The molecule has 1 aromatic heterocycles. The number of hydrogen-bond acceptors (Lipinski definition) is 3. The second kappa shape index (κ2) is 4.62. The summed E-state index contributed by atoms with van der Waals surface area (Å²) in [5.41, 5.74) is 9.55. The maximum absolute atomic E-state index is 5.83.